The van der Waals surface area contributed by atoms with Gasteiger partial charge >= 0.3 is 0 Å². The third-order valence-corrected chi connectivity index (χ3v) is 3.64. The molecule has 2 fully saturated rings. The zero-order valence-corrected chi connectivity index (χ0v) is 8.76. The van der Waals surface area contributed by atoms with Gasteiger partial charge in [0.2, 0.25) is 0 Å². The van der Waals surface area contributed by atoms with Crippen LogP contribution in [0, 0.1) is 5.92 Å². The predicted octanol–water partition coefficient (Wildman–Crippen LogP) is 4.65. The van der Waals surface area contributed by atoms with Crippen LogP contribution in [-0.4, -0.2) is 37.1 Å². The molecule has 116 valence electrons. The number of nitrogens with one attached hydrogen (secondary N) is 1. The number of hydrogen-bond donors (Lipinski definition) is 1. The van der Waals surface area contributed by atoms with E-state index in [1.165, 1.54) is 51.9 Å². The Morgan fingerprint density at radius 1 is 0.778 bits per heavy atom. The van der Waals surface area contributed by atoms with E-state index in [4.69, 9.17) is 0 Å². The molecule has 0 unspecified atom stereocenters. The lowest BCUT2D eigenvalue weighted by molar-refractivity contribution is 0.115. The molecule has 0 aromatic carbocycles. The van der Waals surface area contributed by atoms with Gasteiger partial charge in [0.15, 0.2) is 0 Å². The van der Waals surface area contributed by atoms with Gasteiger partial charge in [-0.2, -0.15) is 0 Å². The summed E-state index contributed by atoms with van der Waals surface area (Å²) < 4.78 is 0. The Kier molecular flexibility index (Phi) is 19.6. The number of piperidine rings is 2. The van der Waals surface area contributed by atoms with Crippen LogP contribution in [-0.2, 0) is 0 Å². The summed E-state index contributed by atoms with van der Waals surface area (Å²) in [4.78, 5) is 2.72. The van der Waals surface area contributed by atoms with Gasteiger partial charge in [0.25, 0.3) is 0 Å². The first-order valence-corrected chi connectivity index (χ1v) is 5.81. The van der Waals surface area contributed by atoms with E-state index >= 15 is 0 Å². The summed E-state index contributed by atoms with van der Waals surface area (Å²) >= 11 is 0. The molecule has 2 aliphatic heterocycles. The van der Waals surface area contributed by atoms with E-state index in [9.17, 15) is 0 Å². The quantitative estimate of drug-likeness (QED) is 0.740. The molecule has 0 saturated carbocycles. The van der Waals surface area contributed by atoms with Gasteiger partial charge in [-0.1, -0.05) is 44.1 Å². The fourth-order valence-electron chi connectivity index (χ4n) is 2.57. The fraction of sp³-hybridized carbons (Fsp3) is 1.00. The van der Waals surface area contributed by atoms with Crippen molar-refractivity contribution in [1.82, 2.24) is 10.2 Å². The van der Waals surface area contributed by atoms with Gasteiger partial charge in [0.05, 0.1) is 0 Å². The lowest BCUT2D eigenvalue weighted by atomic mass is 9.95. The van der Waals surface area contributed by atoms with Gasteiger partial charge in [-0.05, 0) is 57.8 Å². The van der Waals surface area contributed by atoms with Gasteiger partial charge in [-0.25, -0.2) is 0 Å². The van der Waals surface area contributed by atoms with Gasteiger partial charge < -0.3 is 10.2 Å². The van der Waals surface area contributed by atoms with Crippen LogP contribution >= 0.6 is 0 Å². The molecule has 2 aliphatic rings. The average molecular weight is 263 g/mol. The zero-order chi connectivity index (χ0) is 9.10. The van der Waals surface area contributed by atoms with Crippen molar-refractivity contribution >= 4 is 0 Å². The summed E-state index contributed by atoms with van der Waals surface area (Å²) in [5, 5.41) is 3.44. The summed E-state index contributed by atoms with van der Waals surface area (Å²) in [6, 6.07) is 0.897. The van der Waals surface area contributed by atoms with Crippen molar-refractivity contribution < 1.29 is 0 Å². The largest absolute Gasteiger partial charge is 0.317 e. The number of likely N-dealkylation sites (tertiary alicyclic amines) is 1. The first-order valence-electron chi connectivity index (χ1n) is 5.81. The second-order valence-corrected chi connectivity index (χ2v) is 4.70. The maximum absolute atomic E-state index is 3.44. The minimum absolute atomic E-state index is 0. The highest BCUT2D eigenvalue weighted by Crippen LogP contribution is 2.21. The van der Waals surface area contributed by atoms with E-state index in [0.29, 0.717) is 0 Å². The molecule has 2 nitrogen and oxygen atoms in total. The van der Waals surface area contributed by atoms with Crippen molar-refractivity contribution in [1.29, 1.82) is 0 Å². The molecule has 0 aromatic heterocycles. The maximum atomic E-state index is 3.44. The number of hydrogen-bond acceptors (Lipinski definition) is 2. The third-order valence-electron chi connectivity index (χ3n) is 3.64. The molecular formula is C16H42N2. The molecule has 0 amide bonds. The average Bonchev–Trinajstić information content (AvgIpc) is 2.20. The van der Waals surface area contributed by atoms with Crippen molar-refractivity contribution in [2.24, 2.45) is 5.92 Å². The highest BCUT2D eigenvalue weighted by atomic mass is 15.2. The van der Waals surface area contributed by atoms with Crippen LogP contribution in [0.15, 0.2) is 0 Å². The minimum Gasteiger partial charge on any atom is -0.317 e. The Bertz CT molecular complexity index is 145. The summed E-state index contributed by atoms with van der Waals surface area (Å²) in [5.41, 5.74) is 0. The second kappa shape index (κ2) is 13.4. The first kappa shape index (κ1) is 26.5. The number of rotatable bonds is 1. The standard InChI is InChI=1S/C11H22N2.5CH4/c1-10-4-8-13(9-5-10)11-2-6-12-7-3-11;;;;;/h10-12H,2-9H2,1H3;5*1H4. The Morgan fingerprint density at radius 2 is 1.22 bits per heavy atom. The van der Waals surface area contributed by atoms with E-state index < -0.39 is 0 Å². The summed E-state index contributed by atoms with van der Waals surface area (Å²) in [6.45, 7) is 7.56. The predicted molar refractivity (Wildman–Crippen MR) is 89.5 cm³/mol. The van der Waals surface area contributed by atoms with E-state index in [1.54, 1.807) is 0 Å². The van der Waals surface area contributed by atoms with Gasteiger partial charge in [-0.3, -0.25) is 0 Å². The number of nitrogens with zero attached hydrogens (tertiary/aromatic N) is 1. The van der Waals surface area contributed by atoms with Gasteiger partial charge in [-0.15, -0.1) is 0 Å². The molecule has 0 aliphatic carbocycles. The highest BCUT2D eigenvalue weighted by Gasteiger charge is 2.24. The van der Waals surface area contributed by atoms with Crippen molar-refractivity contribution in [2.75, 3.05) is 26.2 Å². The molecule has 0 atom stereocenters. The van der Waals surface area contributed by atoms with Crippen molar-refractivity contribution in [3.63, 3.8) is 0 Å². The SMILES string of the molecule is C.C.C.C.C.CC1CCN(C2CCNCC2)CC1. The lowest BCUT2D eigenvalue weighted by Gasteiger charge is -2.38. The van der Waals surface area contributed by atoms with Gasteiger partial charge in [0.1, 0.15) is 0 Å². The van der Waals surface area contributed by atoms with Crippen LogP contribution in [0.4, 0.5) is 0 Å². The molecule has 2 heterocycles. The Balaban J connectivity index is -0.000000196. The van der Waals surface area contributed by atoms with Crippen LogP contribution < -0.4 is 5.32 Å². The Labute approximate surface area is 119 Å². The molecule has 18 heavy (non-hydrogen) atoms. The molecule has 0 spiro atoms. The molecule has 0 bridgehead atoms. The zero-order valence-electron chi connectivity index (χ0n) is 8.76. The Morgan fingerprint density at radius 3 is 1.67 bits per heavy atom. The van der Waals surface area contributed by atoms with Crippen molar-refractivity contribution in [3.8, 4) is 0 Å². The van der Waals surface area contributed by atoms with Crippen LogP contribution in [0.1, 0.15) is 69.7 Å². The summed E-state index contributed by atoms with van der Waals surface area (Å²) in [6.07, 6.45) is 5.58. The third kappa shape index (κ3) is 7.38. The topological polar surface area (TPSA) is 15.3 Å². The minimum atomic E-state index is 0. The molecule has 0 aromatic rings. The van der Waals surface area contributed by atoms with E-state index in [-0.39, 0.29) is 37.1 Å². The van der Waals surface area contributed by atoms with Crippen LogP contribution in [0.3, 0.4) is 0 Å². The lowest BCUT2D eigenvalue weighted by Crippen LogP contribution is -2.46. The molecule has 2 rings (SSSR count). The second-order valence-electron chi connectivity index (χ2n) is 4.70. The van der Waals surface area contributed by atoms with Crippen LogP contribution in [0.5, 0.6) is 0 Å². The fourth-order valence-corrected chi connectivity index (χ4v) is 2.57. The molecule has 0 radical (unpaired) electrons. The van der Waals surface area contributed by atoms with Crippen LogP contribution in [0.25, 0.3) is 0 Å². The van der Waals surface area contributed by atoms with Crippen molar-refractivity contribution in [2.45, 2.75) is 75.8 Å². The highest BCUT2D eigenvalue weighted by molar-refractivity contribution is 4.80. The Hall–Kier alpha value is -0.0800. The summed E-state index contributed by atoms with van der Waals surface area (Å²) in [7, 11) is 0. The summed E-state index contributed by atoms with van der Waals surface area (Å²) in [5.74, 6) is 0.970. The molecule has 2 heteroatoms. The normalized spacial score (nSPS) is 21.2. The molecular weight excluding hydrogens is 220 g/mol. The van der Waals surface area contributed by atoms with E-state index in [2.05, 4.69) is 17.1 Å². The van der Waals surface area contributed by atoms with E-state index in [0.717, 1.165) is 12.0 Å². The van der Waals surface area contributed by atoms with E-state index in [1.807, 2.05) is 0 Å². The maximum Gasteiger partial charge on any atom is 0.0119 e. The molecule has 1 N–H and O–H groups in total. The first-order chi connectivity index (χ1) is 6.36. The van der Waals surface area contributed by atoms with Crippen molar-refractivity contribution in [3.05, 3.63) is 0 Å². The molecule has 2 saturated heterocycles. The monoisotopic (exact) mass is 262 g/mol. The smallest absolute Gasteiger partial charge is 0.0119 e. The van der Waals surface area contributed by atoms with Gasteiger partial charge in [0, 0.05) is 6.04 Å². The van der Waals surface area contributed by atoms with Crippen LogP contribution in [0.2, 0.25) is 0 Å².